The van der Waals surface area contributed by atoms with E-state index >= 15 is 0 Å². The van der Waals surface area contributed by atoms with Crippen LogP contribution < -0.4 is 0 Å². The molecule has 3 heteroatoms. The van der Waals surface area contributed by atoms with E-state index < -0.39 is 0 Å². The van der Waals surface area contributed by atoms with Gasteiger partial charge in [-0.1, -0.05) is 0 Å². The Morgan fingerprint density at radius 3 is 2.64 bits per heavy atom. The van der Waals surface area contributed by atoms with Gasteiger partial charge in [0.2, 0.25) is 0 Å². The normalized spacial score (nSPS) is 21.9. The van der Waals surface area contributed by atoms with Crippen LogP contribution in [0.25, 0.3) is 0 Å². The smallest absolute Gasteiger partial charge is 0.196 e. The SMILES string of the molecule is CC/N=C1/N(C)CCN1CC. The van der Waals surface area contributed by atoms with Gasteiger partial charge < -0.3 is 9.80 Å². The molecule has 0 bridgehead atoms. The molecule has 0 unspecified atom stereocenters. The first-order valence-electron chi connectivity index (χ1n) is 4.30. The second-order valence-corrected chi connectivity index (χ2v) is 2.78. The van der Waals surface area contributed by atoms with Crippen LogP contribution in [-0.2, 0) is 0 Å². The topological polar surface area (TPSA) is 18.8 Å². The maximum absolute atomic E-state index is 4.43. The molecule has 0 aromatic rings. The van der Waals surface area contributed by atoms with Crippen molar-refractivity contribution in [1.29, 1.82) is 0 Å². The molecule has 0 spiro atoms. The monoisotopic (exact) mass is 155 g/mol. The Hall–Kier alpha value is -0.730. The number of nitrogens with zero attached hydrogens (tertiary/aromatic N) is 3. The van der Waals surface area contributed by atoms with Gasteiger partial charge in [0.25, 0.3) is 0 Å². The van der Waals surface area contributed by atoms with E-state index in [9.17, 15) is 0 Å². The number of guanidine groups is 1. The molecule has 0 aliphatic carbocycles. The van der Waals surface area contributed by atoms with Gasteiger partial charge >= 0.3 is 0 Å². The van der Waals surface area contributed by atoms with Crippen LogP contribution in [0, 0.1) is 0 Å². The molecule has 0 atom stereocenters. The van der Waals surface area contributed by atoms with E-state index in [1.165, 1.54) is 0 Å². The molecular formula is C8H17N3. The van der Waals surface area contributed by atoms with Gasteiger partial charge in [0.05, 0.1) is 0 Å². The maximum Gasteiger partial charge on any atom is 0.196 e. The van der Waals surface area contributed by atoms with E-state index in [0.717, 1.165) is 32.1 Å². The summed E-state index contributed by atoms with van der Waals surface area (Å²) in [7, 11) is 2.10. The van der Waals surface area contributed by atoms with Crippen LogP contribution in [0.5, 0.6) is 0 Å². The van der Waals surface area contributed by atoms with Crippen LogP contribution in [-0.4, -0.2) is 49.0 Å². The Balaban J connectivity index is 2.63. The van der Waals surface area contributed by atoms with Crippen molar-refractivity contribution in [3.63, 3.8) is 0 Å². The molecule has 0 N–H and O–H groups in total. The lowest BCUT2D eigenvalue weighted by Gasteiger charge is -2.18. The van der Waals surface area contributed by atoms with Crippen molar-refractivity contribution in [1.82, 2.24) is 9.80 Å². The van der Waals surface area contributed by atoms with Crippen molar-refractivity contribution in [2.75, 3.05) is 33.2 Å². The minimum absolute atomic E-state index is 0.885. The van der Waals surface area contributed by atoms with Crippen molar-refractivity contribution in [3.8, 4) is 0 Å². The molecule has 64 valence electrons. The molecule has 3 nitrogen and oxygen atoms in total. The molecule has 1 rings (SSSR count). The first-order chi connectivity index (χ1) is 5.29. The number of rotatable bonds is 2. The molecule has 11 heavy (non-hydrogen) atoms. The van der Waals surface area contributed by atoms with Gasteiger partial charge in [0.1, 0.15) is 0 Å². The summed E-state index contributed by atoms with van der Waals surface area (Å²) in [6.07, 6.45) is 0. The average Bonchev–Trinajstić information content (AvgIpc) is 2.34. The Morgan fingerprint density at radius 1 is 1.36 bits per heavy atom. The van der Waals surface area contributed by atoms with Crippen LogP contribution in [0.15, 0.2) is 4.99 Å². The standard InChI is InChI=1S/C8H17N3/c1-4-9-8-10(3)6-7-11(8)5-2/h4-7H2,1-3H3/b9-8-. The van der Waals surface area contributed by atoms with E-state index in [1.807, 2.05) is 0 Å². The van der Waals surface area contributed by atoms with Crippen molar-refractivity contribution in [3.05, 3.63) is 0 Å². The quantitative estimate of drug-likeness (QED) is 0.582. The number of hydrogen-bond acceptors (Lipinski definition) is 1. The highest BCUT2D eigenvalue weighted by Gasteiger charge is 2.20. The van der Waals surface area contributed by atoms with E-state index in [0.29, 0.717) is 0 Å². The maximum atomic E-state index is 4.43. The average molecular weight is 155 g/mol. The highest BCUT2D eigenvalue weighted by molar-refractivity contribution is 5.81. The second kappa shape index (κ2) is 3.60. The Kier molecular flexibility index (Phi) is 2.74. The predicted octanol–water partition coefficient (Wildman–Crippen LogP) is 0.630. The third-order valence-corrected chi connectivity index (χ3v) is 2.01. The van der Waals surface area contributed by atoms with Gasteiger partial charge in [-0.2, -0.15) is 0 Å². The van der Waals surface area contributed by atoms with Gasteiger partial charge in [0.15, 0.2) is 5.96 Å². The van der Waals surface area contributed by atoms with Gasteiger partial charge in [0, 0.05) is 33.2 Å². The molecule has 1 aliphatic rings. The fraction of sp³-hybridized carbons (Fsp3) is 0.875. The van der Waals surface area contributed by atoms with E-state index in [4.69, 9.17) is 0 Å². The van der Waals surface area contributed by atoms with Crippen LogP contribution in [0.1, 0.15) is 13.8 Å². The third-order valence-electron chi connectivity index (χ3n) is 2.01. The zero-order valence-corrected chi connectivity index (χ0v) is 7.67. The van der Waals surface area contributed by atoms with Crippen LogP contribution in [0.4, 0.5) is 0 Å². The molecule has 1 fully saturated rings. The highest BCUT2D eigenvalue weighted by atomic mass is 15.4. The van der Waals surface area contributed by atoms with E-state index in [-0.39, 0.29) is 0 Å². The minimum atomic E-state index is 0.885. The van der Waals surface area contributed by atoms with Gasteiger partial charge in [-0.3, -0.25) is 4.99 Å². The predicted molar refractivity (Wildman–Crippen MR) is 47.9 cm³/mol. The van der Waals surface area contributed by atoms with Gasteiger partial charge in [-0.25, -0.2) is 0 Å². The van der Waals surface area contributed by atoms with Crippen LogP contribution >= 0.6 is 0 Å². The van der Waals surface area contributed by atoms with Crippen molar-refractivity contribution in [2.24, 2.45) is 4.99 Å². The summed E-state index contributed by atoms with van der Waals surface area (Å²) in [5, 5.41) is 0. The Bertz CT molecular complexity index is 153. The first kappa shape index (κ1) is 8.37. The number of aliphatic imine (C=N–C) groups is 1. The molecule has 0 amide bonds. The first-order valence-corrected chi connectivity index (χ1v) is 4.30. The van der Waals surface area contributed by atoms with Crippen LogP contribution in [0.3, 0.4) is 0 Å². The summed E-state index contributed by atoms with van der Waals surface area (Å²) in [6.45, 7) is 8.45. The van der Waals surface area contributed by atoms with E-state index in [2.05, 4.69) is 35.7 Å². The fourth-order valence-corrected chi connectivity index (χ4v) is 1.37. The second-order valence-electron chi connectivity index (χ2n) is 2.78. The van der Waals surface area contributed by atoms with E-state index in [1.54, 1.807) is 0 Å². The zero-order valence-electron chi connectivity index (χ0n) is 7.67. The van der Waals surface area contributed by atoms with Crippen molar-refractivity contribution < 1.29 is 0 Å². The molecule has 1 aliphatic heterocycles. The summed E-state index contributed by atoms with van der Waals surface area (Å²) < 4.78 is 0. The molecule has 1 saturated heterocycles. The summed E-state index contributed by atoms with van der Waals surface area (Å²) in [5.74, 6) is 1.16. The summed E-state index contributed by atoms with van der Waals surface area (Å²) in [4.78, 5) is 8.95. The Labute approximate surface area is 68.7 Å². The van der Waals surface area contributed by atoms with Gasteiger partial charge in [-0.15, -0.1) is 0 Å². The minimum Gasteiger partial charge on any atom is -0.344 e. The molecule has 0 aromatic carbocycles. The summed E-state index contributed by atoms with van der Waals surface area (Å²) in [6, 6.07) is 0. The molecular weight excluding hydrogens is 138 g/mol. The summed E-state index contributed by atoms with van der Waals surface area (Å²) >= 11 is 0. The molecule has 0 saturated carbocycles. The molecule has 1 heterocycles. The molecule has 0 radical (unpaired) electrons. The lowest BCUT2D eigenvalue weighted by molar-refractivity contribution is 0.487. The zero-order chi connectivity index (χ0) is 8.27. The van der Waals surface area contributed by atoms with Gasteiger partial charge in [-0.05, 0) is 13.8 Å². The highest BCUT2D eigenvalue weighted by Crippen LogP contribution is 2.05. The summed E-state index contributed by atoms with van der Waals surface area (Å²) in [5.41, 5.74) is 0. The fourth-order valence-electron chi connectivity index (χ4n) is 1.37. The lowest BCUT2D eigenvalue weighted by Crippen LogP contribution is -2.31. The third kappa shape index (κ3) is 1.64. The number of likely N-dealkylation sites (N-methyl/N-ethyl adjacent to an activating group) is 2. The lowest BCUT2D eigenvalue weighted by atomic mass is 10.6. The van der Waals surface area contributed by atoms with Crippen molar-refractivity contribution in [2.45, 2.75) is 13.8 Å². The van der Waals surface area contributed by atoms with Crippen molar-refractivity contribution >= 4 is 5.96 Å². The number of hydrogen-bond donors (Lipinski definition) is 0. The molecule has 0 aromatic heterocycles. The largest absolute Gasteiger partial charge is 0.344 e. The van der Waals surface area contributed by atoms with Crippen LogP contribution in [0.2, 0.25) is 0 Å². The Morgan fingerprint density at radius 2 is 2.09 bits per heavy atom.